The van der Waals surface area contributed by atoms with Crippen LogP contribution < -0.4 is 0 Å². The number of hydrogen-bond donors (Lipinski definition) is 0. The summed E-state index contributed by atoms with van der Waals surface area (Å²) in [5.41, 5.74) is 0.933. The lowest BCUT2D eigenvalue weighted by Gasteiger charge is -2.21. The fraction of sp³-hybridized carbons (Fsp3) is 1.00. The zero-order valence-corrected chi connectivity index (χ0v) is 8.91. The van der Waals surface area contributed by atoms with E-state index >= 15 is 0 Å². The molecule has 0 nitrogen and oxygen atoms in total. The molecule has 0 rings (SSSR count). The van der Waals surface area contributed by atoms with E-state index in [0.717, 1.165) is 11.6 Å². The number of rotatable bonds is 4. The van der Waals surface area contributed by atoms with Gasteiger partial charge in [0.25, 0.3) is 0 Å². The van der Waals surface area contributed by atoms with Crippen molar-refractivity contribution >= 4 is 7.92 Å². The lowest BCUT2D eigenvalue weighted by Crippen LogP contribution is -2.03. The molecule has 1 unspecified atom stereocenters. The third-order valence-electron chi connectivity index (χ3n) is 1.74. The van der Waals surface area contributed by atoms with Gasteiger partial charge >= 0.3 is 0 Å². The fourth-order valence-corrected chi connectivity index (χ4v) is 3.52. The Labute approximate surface area is 67.2 Å². The first kappa shape index (κ1) is 10.4. The van der Waals surface area contributed by atoms with E-state index in [9.17, 15) is 0 Å². The summed E-state index contributed by atoms with van der Waals surface area (Å²) in [5.74, 6) is 0.897. The second kappa shape index (κ2) is 5.13. The largest absolute Gasteiger partial charge is 0.104 e. The molecule has 0 spiro atoms. The highest BCUT2D eigenvalue weighted by molar-refractivity contribution is 7.58. The predicted octanol–water partition coefficient (Wildman–Crippen LogP) is 3.55. The van der Waals surface area contributed by atoms with Crippen LogP contribution in [0.1, 0.15) is 34.6 Å². The van der Waals surface area contributed by atoms with E-state index in [1.807, 2.05) is 0 Å². The average molecular weight is 160 g/mol. The fourth-order valence-electron chi connectivity index (χ4n) is 1.17. The van der Waals surface area contributed by atoms with Crippen molar-refractivity contribution < 1.29 is 0 Å². The van der Waals surface area contributed by atoms with E-state index < -0.39 is 0 Å². The van der Waals surface area contributed by atoms with Gasteiger partial charge in [-0.25, -0.2) is 0 Å². The van der Waals surface area contributed by atoms with Gasteiger partial charge in [0.2, 0.25) is 0 Å². The van der Waals surface area contributed by atoms with Crippen LogP contribution >= 0.6 is 7.92 Å². The zero-order chi connectivity index (χ0) is 8.15. The molecule has 1 atom stereocenters. The van der Waals surface area contributed by atoms with Gasteiger partial charge in [-0.1, -0.05) is 34.6 Å². The summed E-state index contributed by atoms with van der Waals surface area (Å²) in [5, 5.41) is 0. The Morgan fingerprint density at radius 1 is 1.10 bits per heavy atom. The van der Waals surface area contributed by atoms with Gasteiger partial charge in [0.15, 0.2) is 0 Å². The summed E-state index contributed by atoms with van der Waals surface area (Å²) in [6.07, 6.45) is 2.87. The van der Waals surface area contributed by atoms with E-state index in [-0.39, 0.29) is 0 Å². The molecule has 0 saturated carbocycles. The number of hydrogen-bond acceptors (Lipinski definition) is 0. The minimum Gasteiger partial charge on any atom is -0.104 e. The van der Waals surface area contributed by atoms with Crippen LogP contribution in [0.25, 0.3) is 0 Å². The maximum Gasteiger partial charge on any atom is -0.0266 e. The summed E-state index contributed by atoms with van der Waals surface area (Å²) in [6.45, 7) is 11.7. The van der Waals surface area contributed by atoms with Crippen LogP contribution in [-0.4, -0.2) is 18.0 Å². The van der Waals surface area contributed by atoms with Gasteiger partial charge in [-0.05, 0) is 23.9 Å². The normalized spacial score (nSPS) is 14.7. The first-order chi connectivity index (χ1) is 4.57. The van der Waals surface area contributed by atoms with Gasteiger partial charge in [-0.3, -0.25) is 0 Å². The van der Waals surface area contributed by atoms with Gasteiger partial charge in [0.05, 0.1) is 0 Å². The van der Waals surface area contributed by atoms with Gasteiger partial charge < -0.3 is 0 Å². The van der Waals surface area contributed by atoms with Crippen LogP contribution in [-0.2, 0) is 0 Å². The third kappa shape index (κ3) is 4.28. The minimum absolute atomic E-state index is 0.343. The molecule has 62 valence electrons. The molecule has 0 aliphatic rings. The highest BCUT2D eigenvalue weighted by Gasteiger charge is 2.10. The first-order valence-electron chi connectivity index (χ1n) is 4.32. The lowest BCUT2D eigenvalue weighted by molar-refractivity contribution is 0.740. The molecule has 10 heavy (non-hydrogen) atoms. The maximum absolute atomic E-state index is 2.36. The van der Waals surface area contributed by atoms with E-state index in [4.69, 9.17) is 0 Å². The van der Waals surface area contributed by atoms with Crippen molar-refractivity contribution in [1.82, 2.24) is 0 Å². The van der Waals surface area contributed by atoms with Crippen LogP contribution in [0.2, 0.25) is 0 Å². The molecule has 0 aromatic carbocycles. The summed E-state index contributed by atoms with van der Waals surface area (Å²) < 4.78 is 0. The van der Waals surface area contributed by atoms with Gasteiger partial charge in [0, 0.05) is 0 Å². The van der Waals surface area contributed by atoms with Crippen molar-refractivity contribution in [3.8, 4) is 0 Å². The second-order valence-electron chi connectivity index (χ2n) is 3.58. The van der Waals surface area contributed by atoms with Crippen LogP contribution in [0.3, 0.4) is 0 Å². The average Bonchev–Trinajstić information content (AvgIpc) is 1.81. The van der Waals surface area contributed by atoms with E-state index in [1.54, 1.807) is 0 Å². The van der Waals surface area contributed by atoms with Crippen molar-refractivity contribution in [1.29, 1.82) is 0 Å². The molecule has 0 aliphatic heterocycles. The topological polar surface area (TPSA) is 0 Å². The molecule has 1 heteroatoms. The molecule has 0 fully saturated rings. The standard InChI is InChI=1S/C9H21P/c1-6-10(9(4)5)7-8(2)3/h8-9H,6-7H2,1-5H3. The maximum atomic E-state index is 2.36. The van der Waals surface area contributed by atoms with Crippen molar-refractivity contribution in [2.24, 2.45) is 5.92 Å². The van der Waals surface area contributed by atoms with E-state index in [2.05, 4.69) is 34.6 Å². The van der Waals surface area contributed by atoms with Crippen LogP contribution in [0.4, 0.5) is 0 Å². The van der Waals surface area contributed by atoms with Gasteiger partial charge in [0.1, 0.15) is 0 Å². The molecule has 0 N–H and O–H groups in total. The Morgan fingerprint density at radius 3 is 1.70 bits per heavy atom. The summed E-state index contributed by atoms with van der Waals surface area (Å²) >= 11 is 0. The van der Waals surface area contributed by atoms with E-state index in [1.165, 1.54) is 12.3 Å². The molecule has 0 radical (unpaired) electrons. The highest BCUT2D eigenvalue weighted by Crippen LogP contribution is 2.41. The molecule has 0 amide bonds. The molecule has 0 aliphatic carbocycles. The van der Waals surface area contributed by atoms with Crippen molar-refractivity contribution in [3.63, 3.8) is 0 Å². The quantitative estimate of drug-likeness (QED) is 0.552. The Hall–Kier alpha value is 0.430. The summed E-state index contributed by atoms with van der Waals surface area (Å²) in [4.78, 5) is 0. The smallest absolute Gasteiger partial charge is 0.0266 e. The molecule has 0 aromatic rings. The Kier molecular flexibility index (Phi) is 5.35. The molecular weight excluding hydrogens is 139 g/mol. The van der Waals surface area contributed by atoms with Crippen LogP contribution in [0.5, 0.6) is 0 Å². The zero-order valence-electron chi connectivity index (χ0n) is 8.02. The van der Waals surface area contributed by atoms with Crippen molar-refractivity contribution in [3.05, 3.63) is 0 Å². The SMILES string of the molecule is CCP(CC(C)C)C(C)C. The van der Waals surface area contributed by atoms with Crippen molar-refractivity contribution in [2.75, 3.05) is 12.3 Å². The van der Waals surface area contributed by atoms with E-state index in [0.29, 0.717) is 7.92 Å². The van der Waals surface area contributed by atoms with Gasteiger partial charge in [-0.2, -0.15) is 0 Å². The predicted molar refractivity (Wildman–Crippen MR) is 52.3 cm³/mol. The highest BCUT2D eigenvalue weighted by atomic mass is 31.1. The third-order valence-corrected chi connectivity index (χ3v) is 5.21. The molecule has 0 bridgehead atoms. The lowest BCUT2D eigenvalue weighted by atomic mass is 10.3. The van der Waals surface area contributed by atoms with Crippen LogP contribution in [0, 0.1) is 5.92 Å². The van der Waals surface area contributed by atoms with Gasteiger partial charge in [-0.15, -0.1) is 7.92 Å². The second-order valence-corrected chi connectivity index (χ2v) is 6.78. The molecule has 0 saturated heterocycles. The monoisotopic (exact) mass is 160 g/mol. The van der Waals surface area contributed by atoms with Crippen LogP contribution in [0.15, 0.2) is 0 Å². The van der Waals surface area contributed by atoms with Crippen molar-refractivity contribution in [2.45, 2.75) is 40.3 Å². The summed E-state index contributed by atoms with van der Waals surface area (Å²) in [7, 11) is 0.343. The Bertz CT molecular complexity index is 76.8. The Balaban J connectivity index is 3.60. The molecule has 0 aromatic heterocycles. The molecule has 0 heterocycles. The summed E-state index contributed by atoms with van der Waals surface area (Å²) in [6, 6.07) is 0. The first-order valence-corrected chi connectivity index (χ1v) is 6.10. The minimum atomic E-state index is 0.343. The molecular formula is C9H21P. The Morgan fingerprint density at radius 2 is 1.60 bits per heavy atom.